The van der Waals surface area contributed by atoms with Crippen molar-refractivity contribution in [1.29, 1.82) is 0 Å². The third-order valence-corrected chi connectivity index (χ3v) is 2.29. The zero-order chi connectivity index (χ0) is 16.8. The van der Waals surface area contributed by atoms with E-state index in [9.17, 15) is 19.2 Å². The quantitative estimate of drug-likeness (QED) is 0.593. The summed E-state index contributed by atoms with van der Waals surface area (Å²) >= 11 is 0. The molecule has 0 aromatic carbocycles. The summed E-state index contributed by atoms with van der Waals surface area (Å²) in [4.78, 5) is 46.2. The number of imide groups is 1. The van der Waals surface area contributed by atoms with E-state index in [-0.39, 0.29) is 12.8 Å². The molecule has 0 aliphatic heterocycles. The number of carboxylic acids is 1. The Kier molecular flexibility index (Phi) is 6.80. The van der Waals surface area contributed by atoms with Gasteiger partial charge in [0.2, 0.25) is 11.8 Å². The molecule has 0 rings (SSSR count). The van der Waals surface area contributed by atoms with E-state index in [2.05, 4.69) is 0 Å². The number of aliphatic carboxylic acids is 1. The molecule has 1 unspecified atom stereocenters. The number of carbonyl (C=O) groups is 4. The molecular weight excluding hydrogens is 282 g/mol. The Hall–Kier alpha value is -2.16. The van der Waals surface area contributed by atoms with Crippen LogP contribution >= 0.6 is 0 Å². The van der Waals surface area contributed by atoms with Gasteiger partial charge in [0, 0.05) is 6.42 Å². The Morgan fingerprint density at radius 2 is 1.76 bits per heavy atom. The maximum Gasteiger partial charge on any atom is 0.417 e. The molecule has 0 aliphatic rings. The average molecular weight is 303 g/mol. The molecule has 0 aromatic rings. The maximum atomic E-state index is 12.0. The van der Waals surface area contributed by atoms with Gasteiger partial charge < -0.3 is 21.3 Å². The monoisotopic (exact) mass is 303 g/mol. The van der Waals surface area contributed by atoms with Crippen molar-refractivity contribution in [2.24, 2.45) is 11.5 Å². The molecule has 0 radical (unpaired) electrons. The van der Waals surface area contributed by atoms with E-state index in [0.29, 0.717) is 4.90 Å². The van der Waals surface area contributed by atoms with Crippen LogP contribution in [0.2, 0.25) is 0 Å². The fraction of sp³-hybridized carbons (Fsp3) is 0.667. The summed E-state index contributed by atoms with van der Waals surface area (Å²) in [7, 11) is 0. The number of carboxylic acid groups (broad SMARTS) is 1. The van der Waals surface area contributed by atoms with Crippen molar-refractivity contribution in [1.82, 2.24) is 4.90 Å². The van der Waals surface area contributed by atoms with Crippen LogP contribution in [0.3, 0.4) is 0 Å². The van der Waals surface area contributed by atoms with Crippen LogP contribution in [-0.4, -0.2) is 52.1 Å². The van der Waals surface area contributed by atoms with Crippen LogP contribution in [0.25, 0.3) is 0 Å². The largest absolute Gasteiger partial charge is 0.480 e. The predicted molar refractivity (Wildman–Crippen MR) is 72.0 cm³/mol. The first-order valence-electron chi connectivity index (χ1n) is 6.25. The molecule has 0 aliphatic carbocycles. The van der Waals surface area contributed by atoms with E-state index in [1.807, 2.05) is 0 Å². The van der Waals surface area contributed by atoms with Crippen LogP contribution in [0.5, 0.6) is 0 Å². The minimum atomic E-state index is -1.57. The third kappa shape index (κ3) is 6.70. The molecule has 1 atom stereocenters. The molecule has 0 fully saturated rings. The Morgan fingerprint density at radius 1 is 1.24 bits per heavy atom. The highest BCUT2D eigenvalue weighted by Gasteiger charge is 2.37. The molecule has 0 saturated carbocycles. The van der Waals surface area contributed by atoms with Gasteiger partial charge in [0.05, 0.1) is 6.54 Å². The molecule has 9 nitrogen and oxygen atoms in total. The van der Waals surface area contributed by atoms with Crippen molar-refractivity contribution in [3.8, 4) is 0 Å². The van der Waals surface area contributed by atoms with Gasteiger partial charge >= 0.3 is 12.1 Å². The molecule has 5 N–H and O–H groups in total. The Bertz CT molecular complexity index is 429. The SMILES string of the molecule is CC(C)(C)OC(=O)N(C(=O)CN)C(CCC(N)=O)C(=O)O. The van der Waals surface area contributed by atoms with Gasteiger partial charge in [0.15, 0.2) is 0 Å². The van der Waals surface area contributed by atoms with Gasteiger partial charge in [-0.05, 0) is 27.2 Å². The smallest absolute Gasteiger partial charge is 0.417 e. The summed E-state index contributed by atoms with van der Waals surface area (Å²) in [6.07, 6.45) is -1.74. The number of primary amides is 1. The van der Waals surface area contributed by atoms with E-state index in [1.54, 1.807) is 20.8 Å². The lowest BCUT2D eigenvalue weighted by molar-refractivity contribution is -0.149. The minimum Gasteiger partial charge on any atom is -0.480 e. The number of carbonyl (C=O) groups excluding carboxylic acids is 3. The molecule has 0 aromatic heterocycles. The highest BCUT2D eigenvalue weighted by atomic mass is 16.6. The van der Waals surface area contributed by atoms with Crippen LogP contribution in [0.1, 0.15) is 33.6 Å². The highest BCUT2D eigenvalue weighted by molar-refractivity contribution is 5.97. The lowest BCUT2D eigenvalue weighted by Gasteiger charge is -2.29. The third-order valence-electron chi connectivity index (χ3n) is 2.29. The molecule has 0 heterocycles. The number of nitrogens with zero attached hydrogens (tertiary/aromatic N) is 1. The lowest BCUT2D eigenvalue weighted by Crippen LogP contribution is -2.52. The van der Waals surface area contributed by atoms with E-state index in [1.165, 1.54) is 0 Å². The zero-order valence-electron chi connectivity index (χ0n) is 12.3. The van der Waals surface area contributed by atoms with Crippen LogP contribution in [0.4, 0.5) is 4.79 Å². The molecule has 120 valence electrons. The van der Waals surface area contributed by atoms with Gasteiger partial charge in [-0.1, -0.05) is 0 Å². The van der Waals surface area contributed by atoms with E-state index < -0.39 is 42.1 Å². The van der Waals surface area contributed by atoms with Gasteiger partial charge in [0.25, 0.3) is 0 Å². The maximum absolute atomic E-state index is 12.0. The molecule has 0 spiro atoms. The van der Waals surface area contributed by atoms with Crippen molar-refractivity contribution in [3.63, 3.8) is 0 Å². The van der Waals surface area contributed by atoms with Crippen LogP contribution in [0, 0.1) is 0 Å². The van der Waals surface area contributed by atoms with Crippen LogP contribution < -0.4 is 11.5 Å². The van der Waals surface area contributed by atoms with E-state index in [0.717, 1.165) is 0 Å². The van der Waals surface area contributed by atoms with Crippen molar-refractivity contribution >= 4 is 23.9 Å². The fourth-order valence-corrected chi connectivity index (χ4v) is 1.45. The second-order valence-corrected chi connectivity index (χ2v) is 5.31. The van der Waals surface area contributed by atoms with Crippen LogP contribution in [-0.2, 0) is 19.1 Å². The van der Waals surface area contributed by atoms with Crippen molar-refractivity contribution in [2.75, 3.05) is 6.54 Å². The fourth-order valence-electron chi connectivity index (χ4n) is 1.45. The summed E-state index contributed by atoms with van der Waals surface area (Å²) in [6.45, 7) is 4.12. The molecule has 0 saturated heterocycles. The van der Waals surface area contributed by atoms with E-state index >= 15 is 0 Å². The minimum absolute atomic E-state index is 0.298. The number of ether oxygens (including phenoxy) is 1. The first-order chi connectivity index (χ1) is 9.49. The molecule has 3 amide bonds. The van der Waals surface area contributed by atoms with Gasteiger partial charge in [-0.3, -0.25) is 9.59 Å². The molecule has 0 bridgehead atoms. The lowest BCUT2D eigenvalue weighted by atomic mass is 10.1. The first-order valence-corrected chi connectivity index (χ1v) is 6.25. The van der Waals surface area contributed by atoms with E-state index in [4.69, 9.17) is 21.3 Å². The summed E-state index contributed by atoms with van der Waals surface area (Å²) in [5.41, 5.74) is 9.22. The second kappa shape index (κ2) is 7.58. The standard InChI is InChI=1S/C12H21N3O6/c1-12(2,3)21-11(20)15(9(17)6-13)7(10(18)19)4-5-8(14)16/h7H,4-6,13H2,1-3H3,(H2,14,16)(H,18,19). The zero-order valence-corrected chi connectivity index (χ0v) is 12.3. The highest BCUT2D eigenvalue weighted by Crippen LogP contribution is 2.15. The number of nitrogens with two attached hydrogens (primary N) is 2. The van der Waals surface area contributed by atoms with Crippen molar-refractivity contribution in [3.05, 3.63) is 0 Å². The van der Waals surface area contributed by atoms with Crippen molar-refractivity contribution < 1.29 is 29.0 Å². The van der Waals surface area contributed by atoms with Crippen molar-refractivity contribution in [2.45, 2.75) is 45.3 Å². The summed E-state index contributed by atoms with van der Waals surface area (Å²) < 4.78 is 4.99. The van der Waals surface area contributed by atoms with Crippen LogP contribution in [0.15, 0.2) is 0 Å². The van der Waals surface area contributed by atoms with Gasteiger partial charge in [-0.15, -0.1) is 0 Å². The Morgan fingerprint density at radius 3 is 2.10 bits per heavy atom. The number of hydrogen-bond acceptors (Lipinski definition) is 6. The summed E-state index contributed by atoms with van der Waals surface area (Å²) in [5.74, 6) is -3.12. The Balaban J connectivity index is 5.33. The predicted octanol–water partition coefficient (Wildman–Crippen LogP) is -0.572. The molecular formula is C12H21N3O6. The topological polar surface area (TPSA) is 153 Å². The summed E-state index contributed by atoms with van der Waals surface area (Å²) in [6, 6.07) is -1.57. The molecule has 9 heteroatoms. The molecule has 21 heavy (non-hydrogen) atoms. The van der Waals surface area contributed by atoms with Gasteiger partial charge in [0.1, 0.15) is 11.6 Å². The second-order valence-electron chi connectivity index (χ2n) is 5.31. The Labute approximate surface area is 122 Å². The number of rotatable bonds is 6. The normalized spacial score (nSPS) is 12.4. The average Bonchev–Trinajstić information content (AvgIpc) is 2.30. The van der Waals surface area contributed by atoms with Gasteiger partial charge in [-0.2, -0.15) is 0 Å². The first kappa shape index (κ1) is 18.8. The van der Waals surface area contributed by atoms with Gasteiger partial charge in [-0.25, -0.2) is 14.5 Å². The number of amides is 3. The summed E-state index contributed by atoms with van der Waals surface area (Å²) in [5, 5.41) is 9.15. The number of hydrogen-bond donors (Lipinski definition) is 3.